The molecule has 1 aliphatic carbocycles. The fourth-order valence-corrected chi connectivity index (χ4v) is 3.44. The van der Waals surface area contributed by atoms with Crippen molar-refractivity contribution in [1.82, 2.24) is 19.7 Å². The number of carbonyl (C=O) groups excluding carboxylic acids is 1. The van der Waals surface area contributed by atoms with Gasteiger partial charge in [-0.25, -0.2) is 4.98 Å². The first-order chi connectivity index (χ1) is 15.0. The lowest BCUT2D eigenvalue weighted by atomic mass is 10.1. The van der Waals surface area contributed by atoms with E-state index >= 15 is 0 Å². The minimum atomic E-state index is -0.809. The molecule has 2 aromatic heterocycles. The maximum atomic E-state index is 12.9. The SMILES string of the molecule is CC(C)c1cc(=O)[nH]c(-n2nc(C3CC3)cc2NC(=O)[C@@H]2COc3ccccc3O2)n1. The quantitative estimate of drug-likeness (QED) is 0.655. The van der Waals surface area contributed by atoms with E-state index < -0.39 is 6.10 Å². The molecule has 0 radical (unpaired) electrons. The topological polar surface area (TPSA) is 111 Å². The third kappa shape index (κ3) is 3.90. The average molecular weight is 421 g/mol. The Kier molecular flexibility index (Phi) is 4.72. The van der Waals surface area contributed by atoms with Crippen LogP contribution in [-0.2, 0) is 4.79 Å². The van der Waals surface area contributed by atoms with Gasteiger partial charge in [-0.1, -0.05) is 26.0 Å². The number of ether oxygens (including phenoxy) is 2. The van der Waals surface area contributed by atoms with Crippen LogP contribution in [0.2, 0.25) is 0 Å². The molecule has 2 N–H and O–H groups in total. The second-order valence-corrected chi connectivity index (χ2v) is 8.14. The number of amides is 1. The summed E-state index contributed by atoms with van der Waals surface area (Å²) in [5, 5.41) is 7.49. The van der Waals surface area contributed by atoms with Gasteiger partial charge in [-0.2, -0.15) is 9.78 Å². The fourth-order valence-electron chi connectivity index (χ4n) is 3.44. The molecule has 3 heterocycles. The van der Waals surface area contributed by atoms with E-state index in [0.717, 1.165) is 18.5 Å². The summed E-state index contributed by atoms with van der Waals surface area (Å²) in [6, 6.07) is 10.5. The van der Waals surface area contributed by atoms with Crippen LogP contribution < -0.4 is 20.3 Å². The normalized spacial score (nSPS) is 17.6. The van der Waals surface area contributed by atoms with Gasteiger partial charge < -0.3 is 14.8 Å². The summed E-state index contributed by atoms with van der Waals surface area (Å²) < 4.78 is 12.9. The van der Waals surface area contributed by atoms with Gasteiger partial charge in [0.15, 0.2) is 11.5 Å². The van der Waals surface area contributed by atoms with Gasteiger partial charge in [0.1, 0.15) is 12.4 Å². The molecule has 1 aliphatic heterocycles. The molecule has 0 unspecified atom stereocenters. The monoisotopic (exact) mass is 421 g/mol. The number of para-hydroxylation sites is 2. The van der Waals surface area contributed by atoms with Gasteiger partial charge in [0.05, 0.1) is 11.4 Å². The molecule has 0 saturated heterocycles. The van der Waals surface area contributed by atoms with Gasteiger partial charge in [0.2, 0.25) is 12.1 Å². The summed E-state index contributed by atoms with van der Waals surface area (Å²) >= 11 is 0. The second-order valence-electron chi connectivity index (χ2n) is 8.14. The van der Waals surface area contributed by atoms with Gasteiger partial charge in [-0.15, -0.1) is 0 Å². The molecule has 5 rings (SSSR count). The maximum Gasteiger partial charge on any atom is 0.270 e. The van der Waals surface area contributed by atoms with E-state index in [4.69, 9.17) is 9.47 Å². The van der Waals surface area contributed by atoms with Crippen molar-refractivity contribution < 1.29 is 14.3 Å². The number of nitrogens with one attached hydrogen (secondary N) is 2. The van der Waals surface area contributed by atoms with Crippen LogP contribution in [-0.4, -0.2) is 38.4 Å². The molecule has 2 aliphatic rings. The predicted octanol–water partition coefficient (Wildman–Crippen LogP) is 2.73. The Balaban J connectivity index is 1.45. The molecule has 1 amide bonds. The number of rotatable bonds is 5. The summed E-state index contributed by atoms with van der Waals surface area (Å²) in [7, 11) is 0. The van der Waals surface area contributed by atoms with Crippen molar-refractivity contribution in [2.45, 2.75) is 44.6 Å². The lowest BCUT2D eigenvalue weighted by Gasteiger charge is -2.25. The van der Waals surface area contributed by atoms with Crippen LogP contribution in [0, 0.1) is 0 Å². The Morgan fingerprint density at radius 2 is 2.00 bits per heavy atom. The van der Waals surface area contributed by atoms with Crippen molar-refractivity contribution in [2.24, 2.45) is 0 Å². The molecule has 9 nitrogen and oxygen atoms in total. The summed E-state index contributed by atoms with van der Waals surface area (Å²) in [5.41, 5.74) is 1.24. The molecular formula is C22H23N5O4. The highest BCUT2D eigenvalue weighted by atomic mass is 16.6. The van der Waals surface area contributed by atoms with E-state index in [1.807, 2.05) is 32.0 Å². The fraction of sp³-hybridized carbons (Fsp3) is 0.364. The number of fused-ring (bicyclic) bond motifs is 1. The number of carbonyl (C=O) groups is 1. The highest BCUT2D eigenvalue weighted by molar-refractivity contribution is 5.94. The first-order valence-corrected chi connectivity index (χ1v) is 10.4. The highest BCUT2D eigenvalue weighted by Crippen LogP contribution is 2.40. The largest absolute Gasteiger partial charge is 0.485 e. The summed E-state index contributed by atoms with van der Waals surface area (Å²) in [6.07, 6.45) is 1.30. The van der Waals surface area contributed by atoms with E-state index in [2.05, 4.69) is 20.4 Å². The molecule has 31 heavy (non-hydrogen) atoms. The van der Waals surface area contributed by atoms with Crippen molar-refractivity contribution in [3.05, 3.63) is 58.1 Å². The summed E-state index contributed by atoms with van der Waals surface area (Å²) in [5.74, 6) is 1.91. The molecule has 3 aromatic rings. The minimum Gasteiger partial charge on any atom is -0.485 e. The maximum absolute atomic E-state index is 12.9. The van der Waals surface area contributed by atoms with Crippen molar-refractivity contribution in [1.29, 1.82) is 0 Å². The van der Waals surface area contributed by atoms with Crippen LogP contribution in [0.4, 0.5) is 5.82 Å². The van der Waals surface area contributed by atoms with Crippen molar-refractivity contribution in [2.75, 3.05) is 11.9 Å². The van der Waals surface area contributed by atoms with Crippen LogP contribution in [0.3, 0.4) is 0 Å². The van der Waals surface area contributed by atoms with Crippen molar-refractivity contribution >= 4 is 11.7 Å². The van der Waals surface area contributed by atoms with Gasteiger partial charge in [-0.05, 0) is 30.9 Å². The lowest BCUT2D eigenvalue weighted by Crippen LogP contribution is -2.40. The van der Waals surface area contributed by atoms with Crippen LogP contribution >= 0.6 is 0 Å². The molecule has 160 valence electrons. The van der Waals surface area contributed by atoms with Gasteiger partial charge in [-0.3, -0.25) is 14.6 Å². The number of H-pyrrole nitrogens is 1. The molecule has 1 saturated carbocycles. The number of aromatic nitrogens is 4. The number of hydrogen-bond donors (Lipinski definition) is 2. The molecule has 9 heteroatoms. The van der Waals surface area contributed by atoms with Crippen molar-refractivity contribution in [3.63, 3.8) is 0 Å². The molecule has 1 atom stereocenters. The first-order valence-electron chi connectivity index (χ1n) is 10.4. The zero-order valence-electron chi connectivity index (χ0n) is 17.3. The third-order valence-corrected chi connectivity index (χ3v) is 5.32. The smallest absolute Gasteiger partial charge is 0.270 e. The number of benzene rings is 1. The number of aromatic amines is 1. The molecular weight excluding hydrogens is 398 g/mol. The van der Waals surface area contributed by atoms with E-state index in [-0.39, 0.29) is 29.9 Å². The summed E-state index contributed by atoms with van der Waals surface area (Å²) in [6.45, 7) is 4.03. The molecule has 1 fully saturated rings. The Morgan fingerprint density at radius 3 is 2.74 bits per heavy atom. The molecule has 0 spiro atoms. The van der Waals surface area contributed by atoms with Crippen LogP contribution in [0.15, 0.2) is 41.2 Å². The minimum absolute atomic E-state index is 0.0745. The zero-order valence-corrected chi connectivity index (χ0v) is 17.3. The van der Waals surface area contributed by atoms with Gasteiger partial charge in [0, 0.05) is 18.1 Å². The number of anilines is 1. The zero-order chi connectivity index (χ0) is 21.5. The van der Waals surface area contributed by atoms with E-state index in [0.29, 0.717) is 28.9 Å². The standard InChI is InChI=1S/C22H23N5O4/c1-12(2)14-10-20(28)25-22(23-14)27-19(9-15(26-27)13-7-8-13)24-21(29)18-11-30-16-5-3-4-6-17(16)31-18/h3-6,9-10,12-13,18H,7-8,11H2,1-2H3,(H,24,29)(H,23,25,28)/t18-/m0/s1. The Labute approximate surface area is 178 Å². The molecule has 1 aromatic carbocycles. The van der Waals surface area contributed by atoms with Gasteiger partial charge in [0.25, 0.3) is 11.5 Å². The van der Waals surface area contributed by atoms with Gasteiger partial charge >= 0.3 is 0 Å². The van der Waals surface area contributed by atoms with Crippen molar-refractivity contribution in [3.8, 4) is 17.4 Å². The first kappa shape index (κ1) is 19.3. The predicted molar refractivity (Wildman–Crippen MR) is 113 cm³/mol. The van der Waals surface area contributed by atoms with E-state index in [9.17, 15) is 9.59 Å². The number of hydrogen-bond acceptors (Lipinski definition) is 6. The van der Waals surface area contributed by atoms with Crippen LogP contribution in [0.25, 0.3) is 5.95 Å². The van der Waals surface area contributed by atoms with E-state index in [1.54, 1.807) is 12.1 Å². The average Bonchev–Trinajstić information content (AvgIpc) is 3.53. The Bertz CT molecular complexity index is 1190. The summed E-state index contributed by atoms with van der Waals surface area (Å²) in [4.78, 5) is 32.4. The Hall–Kier alpha value is -3.62. The number of nitrogens with zero attached hydrogens (tertiary/aromatic N) is 3. The highest BCUT2D eigenvalue weighted by Gasteiger charge is 2.31. The Morgan fingerprint density at radius 1 is 1.23 bits per heavy atom. The molecule has 0 bridgehead atoms. The second kappa shape index (κ2) is 7.57. The van der Waals surface area contributed by atoms with E-state index in [1.165, 1.54) is 10.7 Å². The van der Waals surface area contributed by atoms with Crippen LogP contribution in [0.1, 0.15) is 49.9 Å². The lowest BCUT2D eigenvalue weighted by molar-refractivity contribution is -0.125. The third-order valence-electron chi connectivity index (χ3n) is 5.32. The van der Waals surface area contributed by atoms with Crippen LogP contribution in [0.5, 0.6) is 11.5 Å².